The third kappa shape index (κ3) is 5.94. The minimum Gasteiger partial charge on any atom is -0.497 e. The maximum atomic E-state index is 12.8. The lowest BCUT2D eigenvalue weighted by Crippen LogP contribution is -2.54. The largest absolute Gasteiger partial charge is 0.497 e. The lowest BCUT2D eigenvalue weighted by molar-refractivity contribution is -0.138. The summed E-state index contributed by atoms with van der Waals surface area (Å²) in [4.78, 5) is 31.4. The topological polar surface area (TPSA) is 65.1 Å². The number of ether oxygens (including phenoxy) is 1. The normalized spacial score (nSPS) is 16.3. The summed E-state index contributed by atoms with van der Waals surface area (Å²) in [6, 6.07) is 6.89. The molecule has 2 amide bonds. The van der Waals surface area contributed by atoms with Gasteiger partial charge in [0.1, 0.15) is 5.75 Å². The van der Waals surface area contributed by atoms with Crippen LogP contribution in [0.15, 0.2) is 24.3 Å². The van der Waals surface area contributed by atoms with Gasteiger partial charge in [0.25, 0.3) is 0 Å². The summed E-state index contributed by atoms with van der Waals surface area (Å²) >= 11 is 0. The van der Waals surface area contributed by atoms with E-state index in [1.54, 1.807) is 31.4 Å². The van der Waals surface area contributed by atoms with E-state index in [0.717, 1.165) is 38.5 Å². The van der Waals surface area contributed by atoms with E-state index in [0.29, 0.717) is 12.2 Å². The smallest absolute Gasteiger partial charge is 0.239 e. The molecule has 27 heavy (non-hydrogen) atoms. The van der Waals surface area contributed by atoms with Crippen LogP contribution in [-0.4, -0.2) is 85.5 Å². The zero-order valence-electron chi connectivity index (χ0n) is 16.9. The molecule has 1 aliphatic rings. The van der Waals surface area contributed by atoms with Gasteiger partial charge in [-0.1, -0.05) is 13.8 Å². The van der Waals surface area contributed by atoms with Crippen molar-refractivity contribution in [2.24, 2.45) is 0 Å². The summed E-state index contributed by atoms with van der Waals surface area (Å²) in [6.45, 7) is 11.2. The molecule has 0 radical (unpaired) electrons. The van der Waals surface area contributed by atoms with Gasteiger partial charge in [-0.15, -0.1) is 0 Å². The maximum Gasteiger partial charge on any atom is 0.239 e. The number of carbonyl (C=O) groups is 2. The fraction of sp³-hybridized carbons (Fsp3) is 0.600. The number of piperazine rings is 1. The molecular formula is C20H32N4O3. The maximum absolute atomic E-state index is 12.8. The zero-order chi connectivity index (χ0) is 19.8. The minimum atomic E-state index is -0.315. The first-order valence-electron chi connectivity index (χ1n) is 9.67. The minimum absolute atomic E-state index is 0.102. The van der Waals surface area contributed by atoms with Gasteiger partial charge in [-0.25, -0.2) is 0 Å². The third-order valence-corrected chi connectivity index (χ3v) is 5.16. The molecule has 1 heterocycles. The molecule has 7 nitrogen and oxygen atoms in total. The summed E-state index contributed by atoms with van der Waals surface area (Å²) in [5, 5.41) is 2.88. The highest BCUT2D eigenvalue weighted by Crippen LogP contribution is 2.15. The molecule has 1 aromatic rings. The van der Waals surface area contributed by atoms with Crippen molar-refractivity contribution in [3.8, 4) is 5.75 Å². The average Bonchev–Trinajstić information content (AvgIpc) is 2.71. The number of benzene rings is 1. The van der Waals surface area contributed by atoms with Crippen molar-refractivity contribution in [1.82, 2.24) is 14.7 Å². The fourth-order valence-corrected chi connectivity index (χ4v) is 3.29. The van der Waals surface area contributed by atoms with Gasteiger partial charge in [0.15, 0.2) is 0 Å². The molecule has 7 heteroatoms. The van der Waals surface area contributed by atoms with Crippen LogP contribution in [0.2, 0.25) is 0 Å². The predicted molar refractivity (Wildman–Crippen MR) is 107 cm³/mol. The van der Waals surface area contributed by atoms with Crippen molar-refractivity contribution >= 4 is 17.5 Å². The fourth-order valence-electron chi connectivity index (χ4n) is 3.29. The van der Waals surface area contributed by atoms with Crippen molar-refractivity contribution in [2.45, 2.75) is 26.8 Å². The van der Waals surface area contributed by atoms with Gasteiger partial charge in [0, 0.05) is 31.9 Å². The van der Waals surface area contributed by atoms with Crippen LogP contribution in [0.25, 0.3) is 0 Å². The Morgan fingerprint density at radius 3 is 2.30 bits per heavy atom. The van der Waals surface area contributed by atoms with Gasteiger partial charge < -0.3 is 19.9 Å². The van der Waals surface area contributed by atoms with Crippen LogP contribution in [0, 0.1) is 0 Å². The van der Waals surface area contributed by atoms with E-state index in [1.807, 2.05) is 23.6 Å². The van der Waals surface area contributed by atoms with Crippen molar-refractivity contribution in [2.75, 3.05) is 58.2 Å². The van der Waals surface area contributed by atoms with Crippen LogP contribution in [0.1, 0.15) is 20.8 Å². The number of carbonyl (C=O) groups excluding carboxylic acids is 2. The van der Waals surface area contributed by atoms with Crippen LogP contribution in [0.3, 0.4) is 0 Å². The van der Waals surface area contributed by atoms with Crippen LogP contribution in [-0.2, 0) is 9.59 Å². The van der Waals surface area contributed by atoms with Gasteiger partial charge in [0.05, 0.1) is 19.7 Å². The standard InChI is InChI=1S/C20H32N4O3/c1-5-22-11-13-24(14-12-22)20(26)16(3)23(6-2)15-19(25)21-17-7-9-18(27-4)10-8-17/h7-10,16H,5-6,11-15H2,1-4H3,(H,21,25)/t16-/m0/s1. The third-order valence-electron chi connectivity index (χ3n) is 5.16. The van der Waals surface area contributed by atoms with Gasteiger partial charge in [0.2, 0.25) is 11.8 Å². The van der Waals surface area contributed by atoms with E-state index in [2.05, 4.69) is 17.1 Å². The van der Waals surface area contributed by atoms with Crippen LogP contribution < -0.4 is 10.1 Å². The van der Waals surface area contributed by atoms with E-state index in [-0.39, 0.29) is 24.4 Å². The van der Waals surface area contributed by atoms with Crippen molar-refractivity contribution in [1.29, 1.82) is 0 Å². The monoisotopic (exact) mass is 376 g/mol. The highest BCUT2D eigenvalue weighted by molar-refractivity contribution is 5.93. The van der Waals surface area contributed by atoms with Gasteiger partial charge in [-0.2, -0.15) is 0 Å². The predicted octanol–water partition coefficient (Wildman–Crippen LogP) is 1.51. The van der Waals surface area contributed by atoms with E-state index >= 15 is 0 Å². The highest BCUT2D eigenvalue weighted by atomic mass is 16.5. The SMILES string of the molecule is CCN1CCN(C(=O)[C@H](C)N(CC)CC(=O)Nc2ccc(OC)cc2)CC1. The summed E-state index contributed by atoms with van der Waals surface area (Å²) in [6.07, 6.45) is 0. The Morgan fingerprint density at radius 1 is 1.15 bits per heavy atom. The summed E-state index contributed by atoms with van der Waals surface area (Å²) in [5.74, 6) is 0.716. The second-order valence-corrected chi connectivity index (χ2v) is 6.78. The van der Waals surface area contributed by atoms with Crippen LogP contribution in [0.5, 0.6) is 5.75 Å². The molecule has 0 aromatic heterocycles. The number of nitrogens with zero attached hydrogens (tertiary/aromatic N) is 3. The molecule has 0 unspecified atom stereocenters. The number of amides is 2. The summed E-state index contributed by atoms with van der Waals surface area (Å²) < 4.78 is 5.12. The van der Waals surface area contributed by atoms with Gasteiger partial charge in [-0.3, -0.25) is 14.5 Å². The Morgan fingerprint density at radius 2 is 1.78 bits per heavy atom. The number of nitrogens with one attached hydrogen (secondary N) is 1. The van der Waals surface area contributed by atoms with Crippen LogP contribution >= 0.6 is 0 Å². The molecule has 1 atom stereocenters. The molecule has 1 aromatic carbocycles. The molecule has 1 aliphatic heterocycles. The van der Waals surface area contributed by atoms with E-state index < -0.39 is 0 Å². The molecule has 1 fully saturated rings. The van der Waals surface area contributed by atoms with Crippen molar-refractivity contribution < 1.29 is 14.3 Å². The Bertz CT molecular complexity index is 612. The number of likely N-dealkylation sites (N-methyl/N-ethyl adjacent to an activating group) is 2. The lowest BCUT2D eigenvalue weighted by atomic mass is 10.2. The summed E-state index contributed by atoms with van der Waals surface area (Å²) in [5.41, 5.74) is 0.714. The molecular weight excluding hydrogens is 344 g/mol. The van der Waals surface area contributed by atoms with Gasteiger partial charge in [-0.05, 0) is 44.3 Å². The highest BCUT2D eigenvalue weighted by Gasteiger charge is 2.28. The second kappa shape index (κ2) is 10.3. The molecule has 0 aliphatic carbocycles. The number of rotatable bonds is 8. The molecule has 0 saturated carbocycles. The Balaban J connectivity index is 1.88. The first-order chi connectivity index (χ1) is 13.0. The van der Waals surface area contributed by atoms with E-state index in [9.17, 15) is 9.59 Å². The average molecular weight is 377 g/mol. The number of methoxy groups -OCH3 is 1. The Labute approximate surface area is 162 Å². The molecule has 0 spiro atoms. The molecule has 1 saturated heterocycles. The quantitative estimate of drug-likeness (QED) is 0.745. The number of anilines is 1. The van der Waals surface area contributed by atoms with Crippen molar-refractivity contribution in [3.63, 3.8) is 0 Å². The lowest BCUT2D eigenvalue weighted by Gasteiger charge is -2.37. The number of hydrogen-bond acceptors (Lipinski definition) is 5. The molecule has 0 bridgehead atoms. The first kappa shape index (κ1) is 21.2. The zero-order valence-corrected chi connectivity index (χ0v) is 16.9. The number of hydrogen-bond donors (Lipinski definition) is 1. The van der Waals surface area contributed by atoms with Gasteiger partial charge >= 0.3 is 0 Å². The van der Waals surface area contributed by atoms with E-state index in [4.69, 9.17) is 4.74 Å². The van der Waals surface area contributed by atoms with Crippen LogP contribution in [0.4, 0.5) is 5.69 Å². The molecule has 150 valence electrons. The Hall–Kier alpha value is -2.12. The second-order valence-electron chi connectivity index (χ2n) is 6.78. The molecule has 2 rings (SSSR count). The van der Waals surface area contributed by atoms with E-state index in [1.165, 1.54) is 0 Å². The summed E-state index contributed by atoms with van der Waals surface area (Å²) in [7, 11) is 1.60. The molecule has 1 N–H and O–H groups in total. The first-order valence-corrected chi connectivity index (χ1v) is 9.67. The Kier molecular flexibility index (Phi) is 8.06. The van der Waals surface area contributed by atoms with Crippen molar-refractivity contribution in [3.05, 3.63) is 24.3 Å².